The smallest absolute Gasteiger partial charge is 0.0950 e. The summed E-state index contributed by atoms with van der Waals surface area (Å²) in [6.45, 7) is 8.70. The molecule has 98 valence electrons. The lowest BCUT2D eigenvalue weighted by Crippen LogP contribution is -2.28. The van der Waals surface area contributed by atoms with Crippen LogP contribution in [0.4, 0.5) is 0 Å². The summed E-state index contributed by atoms with van der Waals surface area (Å²) in [4.78, 5) is 0. The van der Waals surface area contributed by atoms with E-state index in [0.29, 0.717) is 12.1 Å². The van der Waals surface area contributed by atoms with Crippen LogP contribution in [0.5, 0.6) is 0 Å². The molecule has 2 unspecified atom stereocenters. The molecule has 3 nitrogen and oxygen atoms in total. The molecule has 0 amide bonds. The standard InChI is InChI=1S/C14H26N2O/c1-4-9-16-14(13-8-10-17-11-13)7-6-12(3)15-5-2/h8,10-12,14-16H,4-7,9H2,1-3H3. The van der Waals surface area contributed by atoms with Crippen molar-refractivity contribution in [3.05, 3.63) is 24.2 Å². The van der Waals surface area contributed by atoms with Gasteiger partial charge in [-0.05, 0) is 45.3 Å². The van der Waals surface area contributed by atoms with Gasteiger partial charge in [0.1, 0.15) is 0 Å². The van der Waals surface area contributed by atoms with Crippen LogP contribution in [0, 0.1) is 0 Å². The highest BCUT2D eigenvalue weighted by molar-refractivity contribution is 5.11. The molecule has 0 aliphatic rings. The first-order valence-corrected chi connectivity index (χ1v) is 6.76. The first-order chi connectivity index (χ1) is 8.27. The second-order valence-corrected chi connectivity index (χ2v) is 4.60. The molecule has 0 saturated carbocycles. The molecule has 3 heteroatoms. The molecule has 0 aliphatic heterocycles. The SMILES string of the molecule is CCCNC(CCC(C)NCC)c1ccoc1. The van der Waals surface area contributed by atoms with Crippen molar-refractivity contribution < 1.29 is 4.42 Å². The van der Waals surface area contributed by atoms with Gasteiger partial charge in [0.15, 0.2) is 0 Å². The van der Waals surface area contributed by atoms with Crippen LogP contribution in [0.25, 0.3) is 0 Å². The minimum absolute atomic E-state index is 0.426. The Morgan fingerprint density at radius 3 is 2.65 bits per heavy atom. The molecule has 0 fully saturated rings. The molecule has 1 heterocycles. The highest BCUT2D eigenvalue weighted by Gasteiger charge is 2.13. The predicted octanol–water partition coefficient (Wildman–Crippen LogP) is 3.10. The molecule has 0 aliphatic carbocycles. The fraction of sp³-hybridized carbons (Fsp3) is 0.714. The first-order valence-electron chi connectivity index (χ1n) is 6.76. The maximum Gasteiger partial charge on any atom is 0.0950 e. The van der Waals surface area contributed by atoms with Crippen molar-refractivity contribution in [1.82, 2.24) is 10.6 Å². The number of nitrogens with one attached hydrogen (secondary N) is 2. The van der Waals surface area contributed by atoms with E-state index in [9.17, 15) is 0 Å². The maximum atomic E-state index is 5.17. The molecule has 0 radical (unpaired) electrons. The van der Waals surface area contributed by atoms with Crippen molar-refractivity contribution in [2.75, 3.05) is 13.1 Å². The van der Waals surface area contributed by atoms with Crippen molar-refractivity contribution >= 4 is 0 Å². The Labute approximate surface area is 105 Å². The van der Waals surface area contributed by atoms with Crippen LogP contribution in [0.2, 0.25) is 0 Å². The fourth-order valence-corrected chi connectivity index (χ4v) is 2.05. The minimum atomic E-state index is 0.426. The van der Waals surface area contributed by atoms with Gasteiger partial charge in [-0.1, -0.05) is 13.8 Å². The molecule has 1 aromatic rings. The number of hydrogen-bond acceptors (Lipinski definition) is 3. The minimum Gasteiger partial charge on any atom is -0.472 e. The van der Waals surface area contributed by atoms with E-state index in [1.807, 2.05) is 6.26 Å². The molecule has 2 N–H and O–H groups in total. The number of hydrogen-bond donors (Lipinski definition) is 2. The van der Waals surface area contributed by atoms with Gasteiger partial charge in [0.2, 0.25) is 0 Å². The van der Waals surface area contributed by atoms with Crippen LogP contribution in [-0.2, 0) is 0 Å². The third-order valence-electron chi connectivity index (χ3n) is 3.03. The summed E-state index contributed by atoms with van der Waals surface area (Å²) in [6, 6.07) is 3.07. The van der Waals surface area contributed by atoms with Gasteiger partial charge in [0, 0.05) is 17.6 Å². The summed E-state index contributed by atoms with van der Waals surface area (Å²) in [7, 11) is 0. The average molecular weight is 238 g/mol. The van der Waals surface area contributed by atoms with Gasteiger partial charge in [-0.2, -0.15) is 0 Å². The molecule has 0 saturated heterocycles. The van der Waals surface area contributed by atoms with E-state index in [0.717, 1.165) is 25.9 Å². The summed E-state index contributed by atoms with van der Waals surface area (Å²) in [5.74, 6) is 0. The molecular formula is C14H26N2O. The maximum absolute atomic E-state index is 5.17. The second-order valence-electron chi connectivity index (χ2n) is 4.60. The molecule has 17 heavy (non-hydrogen) atoms. The monoisotopic (exact) mass is 238 g/mol. The van der Waals surface area contributed by atoms with E-state index < -0.39 is 0 Å². The summed E-state index contributed by atoms with van der Waals surface area (Å²) in [6.07, 6.45) is 7.10. The Balaban J connectivity index is 2.41. The molecule has 0 spiro atoms. The van der Waals surface area contributed by atoms with Crippen molar-refractivity contribution in [2.45, 2.75) is 52.1 Å². The third-order valence-corrected chi connectivity index (χ3v) is 3.03. The van der Waals surface area contributed by atoms with Crippen LogP contribution in [0.15, 0.2) is 23.0 Å². The van der Waals surface area contributed by atoms with Crippen molar-refractivity contribution in [3.8, 4) is 0 Å². The van der Waals surface area contributed by atoms with Gasteiger partial charge in [0.25, 0.3) is 0 Å². The zero-order valence-corrected chi connectivity index (χ0v) is 11.3. The Kier molecular flexibility index (Phi) is 6.97. The first kappa shape index (κ1) is 14.3. The van der Waals surface area contributed by atoms with Crippen LogP contribution in [-0.4, -0.2) is 19.1 Å². The van der Waals surface area contributed by atoms with Gasteiger partial charge in [-0.15, -0.1) is 0 Å². The molecular weight excluding hydrogens is 212 g/mol. The summed E-state index contributed by atoms with van der Waals surface area (Å²) >= 11 is 0. The summed E-state index contributed by atoms with van der Waals surface area (Å²) < 4.78 is 5.17. The Morgan fingerprint density at radius 2 is 2.06 bits per heavy atom. The highest BCUT2D eigenvalue weighted by Crippen LogP contribution is 2.19. The molecule has 1 rings (SSSR count). The van der Waals surface area contributed by atoms with Gasteiger partial charge in [0.05, 0.1) is 12.5 Å². The normalized spacial score (nSPS) is 14.8. The van der Waals surface area contributed by atoms with Crippen LogP contribution in [0.3, 0.4) is 0 Å². The van der Waals surface area contributed by atoms with Crippen LogP contribution < -0.4 is 10.6 Å². The van der Waals surface area contributed by atoms with E-state index in [2.05, 4.69) is 37.5 Å². The largest absolute Gasteiger partial charge is 0.472 e. The van der Waals surface area contributed by atoms with Crippen molar-refractivity contribution in [3.63, 3.8) is 0 Å². The quantitative estimate of drug-likeness (QED) is 0.694. The molecule has 2 atom stereocenters. The van der Waals surface area contributed by atoms with E-state index >= 15 is 0 Å². The van der Waals surface area contributed by atoms with Crippen LogP contribution in [0.1, 0.15) is 51.6 Å². The van der Waals surface area contributed by atoms with Crippen molar-refractivity contribution in [1.29, 1.82) is 0 Å². The van der Waals surface area contributed by atoms with Gasteiger partial charge in [-0.25, -0.2) is 0 Å². The fourth-order valence-electron chi connectivity index (χ4n) is 2.05. The Hall–Kier alpha value is -0.800. The van der Waals surface area contributed by atoms with Crippen molar-refractivity contribution in [2.24, 2.45) is 0 Å². The van der Waals surface area contributed by atoms with Gasteiger partial charge >= 0.3 is 0 Å². The Bertz CT molecular complexity index is 272. The number of rotatable bonds is 9. The lowest BCUT2D eigenvalue weighted by molar-refractivity contribution is 0.429. The Morgan fingerprint density at radius 1 is 1.24 bits per heavy atom. The molecule has 1 aromatic heterocycles. The van der Waals surface area contributed by atoms with Gasteiger partial charge < -0.3 is 15.1 Å². The van der Waals surface area contributed by atoms with Gasteiger partial charge in [-0.3, -0.25) is 0 Å². The molecule has 0 bridgehead atoms. The zero-order valence-electron chi connectivity index (χ0n) is 11.3. The van der Waals surface area contributed by atoms with E-state index in [-0.39, 0.29) is 0 Å². The average Bonchev–Trinajstić information content (AvgIpc) is 2.83. The highest BCUT2D eigenvalue weighted by atomic mass is 16.3. The lowest BCUT2D eigenvalue weighted by Gasteiger charge is -2.19. The number of furan rings is 1. The predicted molar refractivity (Wildman–Crippen MR) is 72.1 cm³/mol. The van der Waals surface area contributed by atoms with E-state index in [1.165, 1.54) is 12.0 Å². The van der Waals surface area contributed by atoms with E-state index in [1.54, 1.807) is 6.26 Å². The lowest BCUT2D eigenvalue weighted by atomic mass is 10.0. The summed E-state index contributed by atoms with van der Waals surface area (Å²) in [5, 5.41) is 7.03. The topological polar surface area (TPSA) is 37.2 Å². The van der Waals surface area contributed by atoms with E-state index in [4.69, 9.17) is 4.42 Å². The zero-order chi connectivity index (χ0) is 12.5. The summed E-state index contributed by atoms with van der Waals surface area (Å²) in [5.41, 5.74) is 1.27. The second kappa shape index (κ2) is 8.31. The molecule has 0 aromatic carbocycles. The van der Waals surface area contributed by atoms with Crippen LogP contribution >= 0.6 is 0 Å². The third kappa shape index (κ3) is 5.37.